The second-order valence-electron chi connectivity index (χ2n) is 12.2. The molecule has 6 aromatic carbocycles. The highest BCUT2D eigenvalue weighted by Crippen LogP contribution is 2.64. The quantitative estimate of drug-likeness (QED) is 0.176. The van der Waals surface area contributed by atoms with Crippen molar-refractivity contribution >= 4 is 55.0 Å². The highest BCUT2D eigenvalue weighted by molar-refractivity contribution is 6.11. The van der Waals surface area contributed by atoms with Gasteiger partial charge in [-0.2, -0.15) is 26.3 Å². The minimum absolute atomic E-state index is 0.437. The van der Waals surface area contributed by atoms with Gasteiger partial charge in [0.05, 0.1) is 0 Å². The molecule has 2 aromatic heterocycles. The predicted molar refractivity (Wildman–Crippen MR) is 180 cm³/mol. The number of para-hydroxylation sites is 4. The number of halogens is 6. The first-order valence-corrected chi connectivity index (χ1v) is 15.5. The van der Waals surface area contributed by atoms with Crippen molar-refractivity contribution < 1.29 is 35.2 Å². The summed E-state index contributed by atoms with van der Waals surface area (Å²) in [4.78, 5) is 0. The van der Waals surface area contributed by atoms with Crippen LogP contribution in [-0.4, -0.2) is 17.8 Å². The third kappa shape index (κ3) is 4.03. The lowest BCUT2D eigenvalue weighted by Crippen LogP contribution is -2.48. The Hall–Kier alpha value is -5.76. The van der Waals surface area contributed by atoms with Gasteiger partial charge in [0, 0.05) is 43.8 Å². The summed E-state index contributed by atoms with van der Waals surface area (Å²) in [6, 6.07) is 36.4. The van der Waals surface area contributed by atoms with E-state index in [1.807, 2.05) is 72.8 Å². The average Bonchev–Trinajstić information content (AvgIpc) is 3.72. The van der Waals surface area contributed by atoms with Gasteiger partial charge in [0.25, 0.3) is 0 Å². The normalized spacial score (nSPS) is 16.8. The Balaban J connectivity index is 1.16. The molecule has 0 fully saturated rings. The van der Waals surface area contributed by atoms with Crippen molar-refractivity contribution in [3.63, 3.8) is 0 Å². The summed E-state index contributed by atoms with van der Waals surface area (Å²) in [5.41, 5.74) is 1.08. The van der Waals surface area contributed by atoms with Crippen molar-refractivity contribution in [3.8, 4) is 22.3 Å². The number of fused-ring (bicyclic) bond motifs is 6. The van der Waals surface area contributed by atoms with Crippen LogP contribution in [0.2, 0.25) is 0 Å². The third-order valence-corrected chi connectivity index (χ3v) is 9.44. The molecule has 2 nitrogen and oxygen atoms in total. The summed E-state index contributed by atoms with van der Waals surface area (Å²) in [6.07, 6.45) is 0. The molecule has 2 heterocycles. The molecule has 49 heavy (non-hydrogen) atoms. The maximum atomic E-state index is 15.6. The summed E-state index contributed by atoms with van der Waals surface area (Å²) in [6.45, 7) is 0. The van der Waals surface area contributed by atoms with Crippen molar-refractivity contribution in [2.45, 2.75) is 17.8 Å². The van der Waals surface area contributed by atoms with Crippen LogP contribution in [-0.2, 0) is 0 Å². The smallest absolute Gasteiger partial charge is 0.380 e. The SMILES string of the molecule is FC1(F)C(c2ccc(-c3cccc4c3oc3ccccc34)cc2)=C(c2ccc(-c3cccc4c3oc3ccccc34)cc2)C(F)(F)C1(F)F. The first-order valence-electron chi connectivity index (χ1n) is 15.5. The van der Waals surface area contributed by atoms with Crippen molar-refractivity contribution in [1.82, 2.24) is 0 Å². The Bertz CT molecular complexity index is 2440. The fraction of sp³-hybridized carbons (Fsp3) is 0.0732. The van der Waals surface area contributed by atoms with Gasteiger partial charge < -0.3 is 8.83 Å². The monoisotopic (exact) mass is 660 g/mol. The molecule has 0 saturated carbocycles. The van der Waals surface area contributed by atoms with Crippen LogP contribution < -0.4 is 0 Å². The fourth-order valence-electron chi connectivity index (χ4n) is 7.06. The topological polar surface area (TPSA) is 26.3 Å². The van der Waals surface area contributed by atoms with Gasteiger partial charge in [-0.1, -0.05) is 121 Å². The van der Waals surface area contributed by atoms with Crippen LogP contribution in [0.3, 0.4) is 0 Å². The lowest BCUT2D eigenvalue weighted by Gasteiger charge is -2.26. The molecular weight excluding hydrogens is 638 g/mol. The highest BCUT2D eigenvalue weighted by atomic mass is 19.3. The van der Waals surface area contributed by atoms with Gasteiger partial charge in [-0.15, -0.1) is 0 Å². The number of furan rings is 2. The Labute approximate surface area is 274 Å². The molecule has 1 aliphatic carbocycles. The minimum atomic E-state index is -5.66. The zero-order chi connectivity index (χ0) is 33.7. The van der Waals surface area contributed by atoms with E-state index in [-0.39, 0.29) is 0 Å². The van der Waals surface area contributed by atoms with Crippen LogP contribution >= 0.6 is 0 Å². The zero-order valence-electron chi connectivity index (χ0n) is 25.3. The van der Waals surface area contributed by atoms with Gasteiger partial charge >= 0.3 is 17.8 Å². The second kappa shape index (κ2) is 10.1. The molecule has 0 aliphatic heterocycles. The van der Waals surface area contributed by atoms with E-state index < -0.39 is 40.0 Å². The van der Waals surface area contributed by atoms with Crippen molar-refractivity contribution in [1.29, 1.82) is 0 Å². The molecule has 8 heteroatoms. The standard InChI is InChI=1S/C41H22F6O2/c42-39(43)35(25-19-15-23(16-20-25)27-9-5-11-31-29-7-1-3-13-33(29)48-37(27)31)36(40(44,45)41(39,46)47)26-21-17-24(18-22-26)28-10-6-12-32-30-8-2-4-14-34(30)49-38(28)32/h1-22H. The summed E-state index contributed by atoms with van der Waals surface area (Å²) in [5.74, 6) is -16.0. The Morgan fingerprint density at radius 3 is 1.10 bits per heavy atom. The molecule has 0 N–H and O–H groups in total. The Morgan fingerprint density at radius 2 is 0.694 bits per heavy atom. The van der Waals surface area contributed by atoms with Crippen LogP contribution in [0.5, 0.6) is 0 Å². The first-order chi connectivity index (χ1) is 23.6. The number of benzene rings is 6. The third-order valence-electron chi connectivity index (χ3n) is 9.44. The minimum Gasteiger partial charge on any atom is -0.455 e. The van der Waals surface area contributed by atoms with Gasteiger partial charge in [0.15, 0.2) is 0 Å². The van der Waals surface area contributed by atoms with Gasteiger partial charge in [0.1, 0.15) is 22.3 Å². The van der Waals surface area contributed by atoms with Crippen molar-refractivity contribution in [2.75, 3.05) is 0 Å². The summed E-state index contributed by atoms with van der Waals surface area (Å²) in [5, 5.41) is 3.45. The number of allylic oxidation sites excluding steroid dienone is 2. The first kappa shape index (κ1) is 29.4. The number of rotatable bonds is 4. The maximum Gasteiger partial charge on any atom is 0.380 e. The van der Waals surface area contributed by atoms with Crippen LogP contribution in [0.15, 0.2) is 142 Å². The predicted octanol–water partition coefficient (Wildman–Crippen LogP) is 12.6. The molecule has 0 bridgehead atoms. The zero-order valence-corrected chi connectivity index (χ0v) is 25.3. The van der Waals surface area contributed by atoms with Gasteiger partial charge in [-0.3, -0.25) is 0 Å². The van der Waals surface area contributed by atoms with E-state index in [2.05, 4.69) is 0 Å². The summed E-state index contributed by atoms with van der Waals surface area (Å²) in [7, 11) is 0. The average molecular weight is 661 g/mol. The molecule has 9 rings (SSSR count). The number of hydrogen-bond donors (Lipinski definition) is 0. The molecule has 0 atom stereocenters. The van der Waals surface area contributed by atoms with Crippen LogP contribution in [0.25, 0.3) is 77.3 Å². The van der Waals surface area contributed by atoms with Gasteiger partial charge in [0.2, 0.25) is 0 Å². The van der Waals surface area contributed by atoms with E-state index in [0.29, 0.717) is 44.6 Å². The Kier molecular flexibility index (Phi) is 6.07. The van der Waals surface area contributed by atoms with Gasteiger partial charge in [-0.05, 0) is 34.4 Å². The van der Waals surface area contributed by atoms with E-state index in [4.69, 9.17) is 8.83 Å². The van der Waals surface area contributed by atoms with E-state index in [9.17, 15) is 0 Å². The van der Waals surface area contributed by atoms with Crippen LogP contribution in [0.1, 0.15) is 11.1 Å². The summed E-state index contributed by atoms with van der Waals surface area (Å²) < 4.78 is 104. The van der Waals surface area contributed by atoms with Crippen molar-refractivity contribution in [3.05, 3.63) is 145 Å². The lowest BCUT2D eigenvalue weighted by molar-refractivity contribution is -0.254. The molecule has 0 unspecified atom stereocenters. The number of hydrogen-bond acceptors (Lipinski definition) is 2. The summed E-state index contributed by atoms with van der Waals surface area (Å²) >= 11 is 0. The lowest BCUT2D eigenvalue weighted by atomic mass is 9.92. The largest absolute Gasteiger partial charge is 0.455 e. The molecule has 0 amide bonds. The number of alkyl halides is 6. The molecule has 240 valence electrons. The van der Waals surface area contributed by atoms with Crippen LogP contribution in [0.4, 0.5) is 26.3 Å². The van der Waals surface area contributed by atoms with Crippen LogP contribution in [0, 0.1) is 0 Å². The molecule has 8 aromatic rings. The molecule has 0 spiro atoms. The highest BCUT2D eigenvalue weighted by Gasteiger charge is 2.80. The second-order valence-corrected chi connectivity index (χ2v) is 12.2. The molecule has 0 saturated heterocycles. The Morgan fingerprint density at radius 1 is 0.347 bits per heavy atom. The molecule has 0 radical (unpaired) electrons. The maximum absolute atomic E-state index is 15.6. The van der Waals surface area contributed by atoms with Gasteiger partial charge in [-0.25, -0.2) is 0 Å². The van der Waals surface area contributed by atoms with E-state index in [0.717, 1.165) is 21.5 Å². The van der Waals surface area contributed by atoms with E-state index >= 15 is 26.3 Å². The van der Waals surface area contributed by atoms with E-state index in [1.54, 1.807) is 12.1 Å². The fourth-order valence-corrected chi connectivity index (χ4v) is 7.06. The van der Waals surface area contributed by atoms with E-state index in [1.165, 1.54) is 48.5 Å². The molecular formula is C41H22F6O2. The van der Waals surface area contributed by atoms with Crippen molar-refractivity contribution in [2.24, 2.45) is 0 Å². The molecule has 1 aliphatic rings.